The number of hydrogen-bond donors (Lipinski definition) is 0. The van der Waals surface area contributed by atoms with Crippen molar-refractivity contribution in [3.63, 3.8) is 0 Å². The lowest BCUT2D eigenvalue weighted by atomic mass is 9.93. The smallest absolute Gasteiger partial charge is 0.256 e. The number of rotatable bonds is 7. The second kappa shape index (κ2) is 9.25. The zero-order chi connectivity index (χ0) is 21.1. The Bertz CT molecular complexity index is 899. The Kier molecular flexibility index (Phi) is 6.47. The third-order valence-corrected chi connectivity index (χ3v) is 6.71. The molecule has 160 valence electrons. The highest BCUT2D eigenvalue weighted by atomic mass is 35.5. The molecule has 30 heavy (non-hydrogen) atoms. The van der Waals surface area contributed by atoms with Gasteiger partial charge in [0.2, 0.25) is 5.91 Å². The van der Waals surface area contributed by atoms with Crippen LogP contribution in [0.1, 0.15) is 61.0 Å². The second-order valence-corrected chi connectivity index (χ2v) is 8.98. The average Bonchev–Trinajstić information content (AvgIpc) is 3.52. The Morgan fingerprint density at radius 1 is 0.967 bits per heavy atom. The molecule has 6 heteroatoms. The maximum Gasteiger partial charge on any atom is 0.256 e. The minimum atomic E-state index is -0.129. The van der Waals surface area contributed by atoms with Crippen molar-refractivity contribution < 1.29 is 9.59 Å². The van der Waals surface area contributed by atoms with Gasteiger partial charge in [-0.2, -0.15) is 0 Å². The van der Waals surface area contributed by atoms with Gasteiger partial charge in [0, 0.05) is 31.0 Å². The Labute approximate surface area is 183 Å². The molecule has 0 aliphatic heterocycles. The lowest BCUT2D eigenvalue weighted by Gasteiger charge is -2.36. The third kappa shape index (κ3) is 4.72. The number of amides is 2. The summed E-state index contributed by atoms with van der Waals surface area (Å²) in [4.78, 5) is 30.6. The molecule has 0 bridgehead atoms. The van der Waals surface area contributed by atoms with Crippen molar-refractivity contribution in [2.45, 2.75) is 63.6 Å². The molecule has 2 amide bonds. The molecule has 0 spiro atoms. The van der Waals surface area contributed by atoms with E-state index >= 15 is 0 Å². The van der Waals surface area contributed by atoms with Gasteiger partial charge in [0.25, 0.3) is 5.91 Å². The summed E-state index contributed by atoms with van der Waals surface area (Å²) in [5.74, 6) is -0.0971. The van der Waals surface area contributed by atoms with Crippen LogP contribution in [0, 0.1) is 0 Å². The Morgan fingerprint density at radius 2 is 1.67 bits per heavy atom. The molecule has 2 aliphatic rings. The molecule has 2 aromatic rings. The van der Waals surface area contributed by atoms with Gasteiger partial charge in [-0.3, -0.25) is 9.59 Å². The summed E-state index contributed by atoms with van der Waals surface area (Å²) in [6.07, 6.45) is 9.37. The highest BCUT2D eigenvalue weighted by Crippen LogP contribution is 2.30. The van der Waals surface area contributed by atoms with E-state index in [0.717, 1.165) is 44.2 Å². The molecule has 2 fully saturated rings. The molecule has 1 aromatic heterocycles. The van der Waals surface area contributed by atoms with Gasteiger partial charge in [0.15, 0.2) is 0 Å². The fourth-order valence-corrected chi connectivity index (χ4v) is 4.64. The van der Waals surface area contributed by atoms with Gasteiger partial charge in [-0.15, -0.1) is 0 Å². The maximum absolute atomic E-state index is 13.4. The van der Waals surface area contributed by atoms with Crippen molar-refractivity contribution in [2.75, 3.05) is 6.54 Å². The molecular formula is C24H30ClN3O2. The predicted molar refractivity (Wildman–Crippen MR) is 118 cm³/mol. The molecule has 4 rings (SSSR count). The van der Waals surface area contributed by atoms with Crippen LogP contribution in [0.4, 0.5) is 0 Å². The van der Waals surface area contributed by atoms with E-state index in [2.05, 4.69) is 10.6 Å². The molecule has 0 unspecified atom stereocenters. The lowest BCUT2D eigenvalue weighted by Crippen LogP contribution is -2.48. The topological polar surface area (TPSA) is 45.6 Å². The first-order chi connectivity index (χ1) is 14.5. The summed E-state index contributed by atoms with van der Waals surface area (Å²) in [6, 6.07) is 11.6. The number of benzene rings is 1. The van der Waals surface area contributed by atoms with Gasteiger partial charge in [-0.1, -0.05) is 43.0 Å². The van der Waals surface area contributed by atoms with Crippen molar-refractivity contribution in [1.82, 2.24) is 14.4 Å². The van der Waals surface area contributed by atoms with E-state index in [1.807, 2.05) is 36.3 Å². The number of aromatic nitrogens is 1. The van der Waals surface area contributed by atoms with Gasteiger partial charge < -0.3 is 14.4 Å². The normalized spacial score (nSPS) is 17.0. The number of nitrogens with zero attached hydrogens (tertiary/aromatic N) is 3. The van der Waals surface area contributed by atoms with Crippen LogP contribution in [0.25, 0.3) is 0 Å². The average molecular weight is 428 g/mol. The van der Waals surface area contributed by atoms with Crippen LogP contribution < -0.4 is 0 Å². The molecular weight excluding hydrogens is 398 g/mol. The minimum absolute atomic E-state index is 0.0321. The van der Waals surface area contributed by atoms with Crippen LogP contribution >= 0.6 is 11.6 Å². The number of carbonyl (C=O) groups excluding carboxylic acids is 2. The molecule has 0 N–H and O–H groups in total. The first kappa shape index (κ1) is 21.0. The van der Waals surface area contributed by atoms with Crippen LogP contribution in [0.15, 0.2) is 42.6 Å². The zero-order valence-electron chi connectivity index (χ0n) is 17.6. The standard InChI is InChI=1S/C24H30ClN3O2/c1-26-15-7-10-20(26)16-27(19-13-14-19)23(29)17-28(18-8-3-2-4-9-18)24(30)21-11-5-6-12-22(21)25/h5-7,10-12,15,18-19H,2-4,8-9,13-14,16-17H2,1H3. The van der Waals surface area contributed by atoms with E-state index in [9.17, 15) is 9.59 Å². The number of carbonyl (C=O) groups is 2. The van der Waals surface area contributed by atoms with Crippen molar-refractivity contribution >= 4 is 23.4 Å². The third-order valence-electron chi connectivity index (χ3n) is 6.38. The van der Waals surface area contributed by atoms with Crippen LogP contribution in [0.3, 0.4) is 0 Å². The summed E-state index contributed by atoms with van der Waals surface area (Å²) in [6.45, 7) is 0.710. The van der Waals surface area contributed by atoms with Crippen molar-refractivity contribution in [3.8, 4) is 0 Å². The van der Waals surface area contributed by atoms with Gasteiger partial charge in [-0.05, 0) is 49.9 Å². The monoisotopic (exact) mass is 427 g/mol. The maximum atomic E-state index is 13.4. The summed E-state index contributed by atoms with van der Waals surface area (Å²) in [7, 11) is 2.00. The van der Waals surface area contributed by atoms with Gasteiger partial charge in [0.05, 0.1) is 17.1 Å². The molecule has 0 radical (unpaired) electrons. The first-order valence-electron chi connectivity index (χ1n) is 11.0. The summed E-state index contributed by atoms with van der Waals surface area (Å²) < 4.78 is 2.05. The number of hydrogen-bond acceptors (Lipinski definition) is 2. The fraction of sp³-hybridized carbons (Fsp3) is 0.500. The fourth-order valence-electron chi connectivity index (χ4n) is 4.43. The van der Waals surface area contributed by atoms with Crippen molar-refractivity contribution in [3.05, 3.63) is 58.9 Å². The highest BCUT2D eigenvalue weighted by Gasteiger charge is 2.36. The number of aryl methyl sites for hydroxylation is 1. The van der Waals surface area contributed by atoms with E-state index in [1.165, 1.54) is 6.42 Å². The molecule has 2 aliphatic carbocycles. The summed E-state index contributed by atoms with van der Waals surface area (Å²) in [5, 5.41) is 0.443. The molecule has 5 nitrogen and oxygen atoms in total. The molecule has 1 aromatic carbocycles. The molecule has 2 saturated carbocycles. The molecule has 0 saturated heterocycles. The van der Waals surface area contributed by atoms with E-state index in [0.29, 0.717) is 17.1 Å². The van der Waals surface area contributed by atoms with E-state index < -0.39 is 0 Å². The molecule has 0 atom stereocenters. The van der Waals surface area contributed by atoms with Crippen molar-refractivity contribution in [1.29, 1.82) is 0 Å². The van der Waals surface area contributed by atoms with E-state index in [1.54, 1.807) is 17.0 Å². The summed E-state index contributed by atoms with van der Waals surface area (Å²) in [5.41, 5.74) is 1.59. The Hall–Kier alpha value is -2.27. The van der Waals surface area contributed by atoms with Crippen LogP contribution in [-0.4, -0.2) is 44.8 Å². The molecule has 1 heterocycles. The highest BCUT2D eigenvalue weighted by molar-refractivity contribution is 6.33. The number of halogens is 1. The van der Waals surface area contributed by atoms with Gasteiger partial charge in [0.1, 0.15) is 6.54 Å². The van der Waals surface area contributed by atoms with E-state index in [-0.39, 0.29) is 30.4 Å². The van der Waals surface area contributed by atoms with E-state index in [4.69, 9.17) is 11.6 Å². The van der Waals surface area contributed by atoms with Crippen LogP contribution in [0.5, 0.6) is 0 Å². The summed E-state index contributed by atoms with van der Waals surface area (Å²) >= 11 is 6.33. The lowest BCUT2D eigenvalue weighted by molar-refractivity contribution is -0.133. The van der Waals surface area contributed by atoms with Crippen LogP contribution in [0.2, 0.25) is 5.02 Å². The van der Waals surface area contributed by atoms with Gasteiger partial charge in [-0.25, -0.2) is 0 Å². The van der Waals surface area contributed by atoms with Crippen LogP contribution in [-0.2, 0) is 18.4 Å². The Balaban J connectivity index is 1.55. The first-order valence-corrected chi connectivity index (χ1v) is 11.4. The second-order valence-electron chi connectivity index (χ2n) is 8.57. The quantitative estimate of drug-likeness (QED) is 0.645. The zero-order valence-corrected chi connectivity index (χ0v) is 18.4. The van der Waals surface area contributed by atoms with Crippen molar-refractivity contribution in [2.24, 2.45) is 7.05 Å². The largest absolute Gasteiger partial charge is 0.353 e. The minimum Gasteiger partial charge on any atom is -0.353 e. The predicted octanol–water partition coefficient (Wildman–Crippen LogP) is 4.64. The van der Waals surface area contributed by atoms with Gasteiger partial charge >= 0.3 is 0 Å². The SMILES string of the molecule is Cn1cccc1CN(C(=O)CN(C(=O)c1ccccc1Cl)C1CCCCC1)C1CC1. The Morgan fingerprint density at radius 3 is 2.30 bits per heavy atom.